The highest BCUT2D eigenvalue weighted by Gasteiger charge is 2.23. The lowest BCUT2D eigenvalue weighted by molar-refractivity contribution is -0.119. The van der Waals surface area contributed by atoms with E-state index in [4.69, 9.17) is 5.73 Å². The topological polar surface area (TPSA) is 99.8 Å². The van der Waals surface area contributed by atoms with Gasteiger partial charge in [-0.25, -0.2) is 0 Å². The van der Waals surface area contributed by atoms with Gasteiger partial charge in [-0.05, 0) is 36.6 Å². The smallest absolute Gasteiger partial charge is 0.251 e. The summed E-state index contributed by atoms with van der Waals surface area (Å²) < 4.78 is 0. The third-order valence-corrected chi connectivity index (χ3v) is 5.75. The van der Waals surface area contributed by atoms with Crippen LogP contribution in [-0.4, -0.2) is 54.8 Å². The molecular formula is C24H31N5O2S. The zero-order valence-electron chi connectivity index (χ0n) is 18.4. The maximum absolute atomic E-state index is 12.5. The molecule has 0 aromatic heterocycles. The zero-order chi connectivity index (χ0) is 22.9. The molecule has 2 aromatic rings. The quantitative estimate of drug-likeness (QED) is 0.202. The molecule has 3 rings (SSSR count). The highest BCUT2D eigenvalue weighted by Crippen LogP contribution is 2.15. The fourth-order valence-corrected chi connectivity index (χ4v) is 4.08. The molecule has 170 valence electrons. The van der Waals surface area contributed by atoms with Crippen molar-refractivity contribution >= 4 is 30.3 Å². The standard InChI is InChI=1S/C24H31N5O2S/c1-17(30)28-20-10-13-29(16-20)15-18-6-4-7-19(14-18)24(31)27-12-5-11-26-23(25)21-8-2-3-9-22(21)32/h2-4,6-9,14,20,32H,5,10-13,15-16H2,1H3,(H2,25,26)(H,27,31)(H,28,30). The predicted molar refractivity (Wildman–Crippen MR) is 130 cm³/mol. The first-order chi connectivity index (χ1) is 15.4. The van der Waals surface area contributed by atoms with Crippen LogP contribution in [0.25, 0.3) is 0 Å². The van der Waals surface area contributed by atoms with Crippen LogP contribution in [0.1, 0.15) is 41.3 Å². The number of benzene rings is 2. The van der Waals surface area contributed by atoms with Crippen LogP contribution in [0.4, 0.5) is 0 Å². The van der Waals surface area contributed by atoms with Gasteiger partial charge >= 0.3 is 0 Å². The van der Waals surface area contributed by atoms with E-state index in [9.17, 15) is 9.59 Å². The van der Waals surface area contributed by atoms with Crippen LogP contribution in [0.5, 0.6) is 0 Å². The molecule has 2 aromatic carbocycles. The minimum atomic E-state index is -0.0953. The van der Waals surface area contributed by atoms with Gasteiger partial charge in [-0.1, -0.05) is 30.3 Å². The molecule has 1 aliphatic rings. The summed E-state index contributed by atoms with van der Waals surface area (Å²) in [5.41, 5.74) is 8.58. The van der Waals surface area contributed by atoms with E-state index in [1.54, 1.807) is 6.92 Å². The fraction of sp³-hybridized carbons (Fsp3) is 0.375. The number of thiol groups is 1. The summed E-state index contributed by atoms with van der Waals surface area (Å²) in [5.74, 6) is 0.370. The first-order valence-electron chi connectivity index (χ1n) is 10.9. The summed E-state index contributed by atoms with van der Waals surface area (Å²) in [6.45, 7) is 5.12. The largest absolute Gasteiger partial charge is 0.383 e. The fourth-order valence-electron chi connectivity index (χ4n) is 3.81. The van der Waals surface area contributed by atoms with Crippen molar-refractivity contribution < 1.29 is 9.59 Å². The molecule has 32 heavy (non-hydrogen) atoms. The Hall–Kier alpha value is -2.84. The molecule has 0 saturated carbocycles. The van der Waals surface area contributed by atoms with Crippen LogP contribution in [-0.2, 0) is 11.3 Å². The first-order valence-corrected chi connectivity index (χ1v) is 11.3. The van der Waals surface area contributed by atoms with Crippen LogP contribution in [0.15, 0.2) is 58.4 Å². The molecule has 1 aliphatic heterocycles. The average molecular weight is 454 g/mol. The molecule has 8 heteroatoms. The highest BCUT2D eigenvalue weighted by molar-refractivity contribution is 7.80. The van der Waals surface area contributed by atoms with Gasteiger partial charge in [0.25, 0.3) is 5.91 Å². The third-order valence-electron chi connectivity index (χ3n) is 5.36. The monoisotopic (exact) mass is 453 g/mol. The Kier molecular flexibility index (Phi) is 8.70. The lowest BCUT2D eigenvalue weighted by Gasteiger charge is -2.17. The van der Waals surface area contributed by atoms with Crippen molar-refractivity contribution in [2.75, 3.05) is 26.2 Å². The molecule has 1 saturated heterocycles. The molecule has 0 aliphatic carbocycles. The van der Waals surface area contributed by atoms with Crippen molar-refractivity contribution in [1.29, 1.82) is 0 Å². The number of nitrogens with two attached hydrogens (primary N) is 1. The van der Waals surface area contributed by atoms with Crippen molar-refractivity contribution in [3.05, 3.63) is 65.2 Å². The summed E-state index contributed by atoms with van der Waals surface area (Å²) in [5, 5.41) is 5.92. The van der Waals surface area contributed by atoms with Crippen molar-refractivity contribution in [2.45, 2.75) is 37.2 Å². The Morgan fingerprint density at radius 2 is 2.03 bits per heavy atom. The number of hydrogen-bond acceptors (Lipinski definition) is 5. The average Bonchev–Trinajstić information content (AvgIpc) is 3.19. The van der Waals surface area contributed by atoms with E-state index in [2.05, 4.69) is 33.2 Å². The Bertz CT molecular complexity index is 978. The second-order valence-corrected chi connectivity index (χ2v) is 8.50. The number of amides is 2. The van der Waals surface area contributed by atoms with E-state index < -0.39 is 0 Å². The zero-order valence-corrected chi connectivity index (χ0v) is 19.3. The summed E-state index contributed by atoms with van der Waals surface area (Å²) in [7, 11) is 0. The maximum atomic E-state index is 12.5. The van der Waals surface area contributed by atoms with E-state index in [1.165, 1.54) is 0 Å². The first kappa shape index (κ1) is 23.8. The second-order valence-electron chi connectivity index (χ2n) is 8.02. The normalized spacial score (nSPS) is 16.7. The number of carbonyl (C=O) groups excluding carboxylic acids is 2. The summed E-state index contributed by atoms with van der Waals surface area (Å²) in [4.78, 5) is 31.2. The van der Waals surface area contributed by atoms with Gasteiger partial charge in [0.2, 0.25) is 5.91 Å². The van der Waals surface area contributed by atoms with Gasteiger partial charge in [-0.15, -0.1) is 12.6 Å². The van der Waals surface area contributed by atoms with E-state index in [1.807, 2.05) is 48.5 Å². The molecule has 4 N–H and O–H groups in total. The number of amidine groups is 1. The molecule has 1 fully saturated rings. The molecule has 7 nitrogen and oxygen atoms in total. The minimum Gasteiger partial charge on any atom is -0.383 e. The van der Waals surface area contributed by atoms with Crippen LogP contribution >= 0.6 is 12.6 Å². The van der Waals surface area contributed by atoms with Crippen LogP contribution in [0.2, 0.25) is 0 Å². The SMILES string of the molecule is CC(=O)NC1CCN(Cc2cccc(C(=O)NCCCN=C(N)c3ccccc3S)c2)C1. The van der Waals surface area contributed by atoms with E-state index in [-0.39, 0.29) is 17.9 Å². The highest BCUT2D eigenvalue weighted by atomic mass is 32.1. The summed E-state index contributed by atoms with van der Waals surface area (Å²) in [6.07, 6.45) is 1.64. The van der Waals surface area contributed by atoms with E-state index in [0.717, 1.165) is 42.1 Å². The van der Waals surface area contributed by atoms with Crippen LogP contribution in [0.3, 0.4) is 0 Å². The van der Waals surface area contributed by atoms with Crippen molar-refractivity contribution in [1.82, 2.24) is 15.5 Å². The molecule has 1 heterocycles. The van der Waals surface area contributed by atoms with Crippen molar-refractivity contribution in [2.24, 2.45) is 10.7 Å². The van der Waals surface area contributed by atoms with Gasteiger partial charge in [0.1, 0.15) is 5.84 Å². The van der Waals surface area contributed by atoms with Gasteiger partial charge in [0.05, 0.1) is 0 Å². The number of aliphatic imine (C=N–C) groups is 1. The summed E-state index contributed by atoms with van der Waals surface area (Å²) in [6, 6.07) is 15.5. The van der Waals surface area contributed by atoms with Gasteiger partial charge in [0.15, 0.2) is 0 Å². The molecular weight excluding hydrogens is 422 g/mol. The molecule has 1 unspecified atom stereocenters. The van der Waals surface area contributed by atoms with Gasteiger partial charge in [0, 0.05) is 61.7 Å². The lowest BCUT2D eigenvalue weighted by atomic mass is 10.1. The minimum absolute atomic E-state index is 0.00965. The van der Waals surface area contributed by atoms with Crippen LogP contribution in [0, 0.1) is 0 Å². The number of nitrogens with one attached hydrogen (secondary N) is 2. The molecule has 0 spiro atoms. The van der Waals surface area contributed by atoms with E-state index in [0.29, 0.717) is 30.9 Å². The molecule has 2 amide bonds. The van der Waals surface area contributed by atoms with Gasteiger partial charge in [-0.2, -0.15) is 0 Å². The van der Waals surface area contributed by atoms with Gasteiger partial charge < -0.3 is 16.4 Å². The number of carbonyl (C=O) groups is 2. The molecule has 0 radical (unpaired) electrons. The van der Waals surface area contributed by atoms with E-state index >= 15 is 0 Å². The Balaban J connectivity index is 1.43. The van der Waals surface area contributed by atoms with Crippen molar-refractivity contribution in [3.63, 3.8) is 0 Å². The Morgan fingerprint density at radius 1 is 1.22 bits per heavy atom. The molecule has 1 atom stereocenters. The van der Waals surface area contributed by atoms with Gasteiger partial charge in [-0.3, -0.25) is 19.5 Å². The number of rotatable bonds is 9. The third kappa shape index (κ3) is 7.10. The number of nitrogens with zero attached hydrogens (tertiary/aromatic N) is 2. The lowest BCUT2D eigenvalue weighted by Crippen LogP contribution is -2.35. The van der Waals surface area contributed by atoms with Crippen molar-refractivity contribution in [3.8, 4) is 0 Å². The molecule has 0 bridgehead atoms. The Labute approximate surface area is 194 Å². The predicted octanol–water partition coefficient (Wildman–Crippen LogP) is 2.21. The number of likely N-dealkylation sites (tertiary alicyclic amines) is 1. The maximum Gasteiger partial charge on any atom is 0.251 e. The second kappa shape index (κ2) is 11.7. The summed E-state index contributed by atoms with van der Waals surface area (Å²) >= 11 is 4.39. The van der Waals surface area contributed by atoms with Crippen LogP contribution < -0.4 is 16.4 Å². The number of hydrogen-bond donors (Lipinski definition) is 4. The Morgan fingerprint density at radius 3 is 2.81 bits per heavy atom.